The average molecular weight is 207 g/mol. The van der Waals surface area contributed by atoms with Crippen LogP contribution in [0.25, 0.3) is 0 Å². The van der Waals surface area contributed by atoms with Crippen LogP contribution in [0.2, 0.25) is 0 Å². The quantitative estimate of drug-likeness (QED) is 0.458. The van der Waals surface area contributed by atoms with Crippen LogP contribution in [0.4, 0.5) is 5.69 Å². The Morgan fingerprint density at radius 2 is 2.20 bits per heavy atom. The van der Waals surface area contributed by atoms with Crippen molar-refractivity contribution in [3.63, 3.8) is 0 Å². The number of carbonyl (C=O) groups excluding carboxylic acids is 1. The third-order valence-electron chi connectivity index (χ3n) is 2.24. The summed E-state index contributed by atoms with van der Waals surface area (Å²) in [5.41, 5.74) is 7.78. The van der Waals surface area contributed by atoms with Gasteiger partial charge < -0.3 is 10.5 Å². The first-order valence-corrected chi connectivity index (χ1v) is 5.17. The largest absolute Gasteiger partial charge is 0.493 e. The van der Waals surface area contributed by atoms with E-state index in [-0.39, 0.29) is 0 Å². The van der Waals surface area contributed by atoms with Gasteiger partial charge in [-0.25, -0.2) is 0 Å². The van der Waals surface area contributed by atoms with Gasteiger partial charge >= 0.3 is 0 Å². The van der Waals surface area contributed by atoms with Gasteiger partial charge in [0, 0.05) is 11.8 Å². The molecule has 2 N–H and O–H groups in total. The number of aldehydes is 1. The van der Waals surface area contributed by atoms with Crippen LogP contribution in [-0.4, -0.2) is 12.9 Å². The molecular formula is C12H17NO2. The second-order valence-electron chi connectivity index (χ2n) is 3.57. The van der Waals surface area contributed by atoms with Crippen molar-refractivity contribution in [3.05, 3.63) is 23.3 Å². The molecule has 1 aromatic rings. The minimum Gasteiger partial charge on any atom is -0.493 e. The first kappa shape index (κ1) is 11.6. The van der Waals surface area contributed by atoms with Gasteiger partial charge in [0.05, 0.1) is 12.2 Å². The van der Waals surface area contributed by atoms with E-state index in [2.05, 4.69) is 6.92 Å². The third-order valence-corrected chi connectivity index (χ3v) is 2.24. The zero-order valence-electron chi connectivity index (χ0n) is 9.25. The van der Waals surface area contributed by atoms with Gasteiger partial charge in [-0.05, 0) is 25.0 Å². The fourth-order valence-corrected chi connectivity index (χ4v) is 1.39. The van der Waals surface area contributed by atoms with Gasteiger partial charge in [-0.3, -0.25) is 4.79 Å². The molecule has 0 saturated heterocycles. The van der Waals surface area contributed by atoms with Crippen LogP contribution in [0.1, 0.15) is 35.7 Å². The van der Waals surface area contributed by atoms with Crippen molar-refractivity contribution in [1.82, 2.24) is 0 Å². The van der Waals surface area contributed by atoms with Crippen LogP contribution in [0.5, 0.6) is 5.75 Å². The number of unbranched alkanes of at least 4 members (excludes halogenated alkanes) is 1. The summed E-state index contributed by atoms with van der Waals surface area (Å²) >= 11 is 0. The summed E-state index contributed by atoms with van der Waals surface area (Å²) in [6, 6.07) is 3.48. The number of benzene rings is 1. The number of rotatable bonds is 5. The average Bonchev–Trinajstić information content (AvgIpc) is 2.17. The Balaban J connectivity index is 2.88. The van der Waals surface area contributed by atoms with Crippen molar-refractivity contribution in [1.29, 1.82) is 0 Å². The Hall–Kier alpha value is -1.51. The molecule has 0 radical (unpaired) electrons. The molecule has 0 unspecified atom stereocenters. The Labute approximate surface area is 90.2 Å². The van der Waals surface area contributed by atoms with E-state index >= 15 is 0 Å². The molecule has 0 amide bonds. The highest BCUT2D eigenvalue weighted by atomic mass is 16.5. The topological polar surface area (TPSA) is 52.3 Å². The lowest BCUT2D eigenvalue weighted by Crippen LogP contribution is -2.02. The maximum atomic E-state index is 10.9. The summed E-state index contributed by atoms with van der Waals surface area (Å²) in [7, 11) is 0. The zero-order chi connectivity index (χ0) is 11.3. The maximum Gasteiger partial charge on any atom is 0.154 e. The Kier molecular flexibility index (Phi) is 4.16. The van der Waals surface area contributed by atoms with Crippen LogP contribution < -0.4 is 10.5 Å². The molecule has 3 nitrogen and oxygen atoms in total. The molecule has 1 aromatic carbocycles. The lowest BCUT2D eigenvalue weighted by molar-refractivity contribution is 0.111. The molecule has 0 saturated carbocycles. The van der Waals surface area contributed by atoms with Gasteiger partial charge in [0.1, 0.15) is 5.75 Å². The molecule has 3 heteroatoms. The van der Waals surface area contributed by atoms with E-state index in [0.717, 1.165) is 24.7 Å². The monoisotopic (exact) mass is 207 g/mol. The lowest BCUT2D eigenvalue weighted by Gasteiger charge is -2.10. The Morgan fingerprint density at radius 1 is 1.47 bits per heavy atom. The predicted molar refractivity (Wildman–Crippen MR) is 61.4 cm³/mol. The van der Waals surface area contributed by atoms with Crippen molar-refractivity contribution in [2.45, 2.75) is 26.7 Å². The molecule has 0 fully saturated rings. The van der Waals surface area contributed by atoms with Gasteiger partial charge in [0.15, 0.2) is 6.29 Å². The number of hydrogen-bond donors (Lipinski definition) is 1. The van der Waals surface area contributed by atoms with E-state index in [9.17, 15) is 4.79 Å². The van der Waals surface area contributed by atoms with E-state index in [0.29, 0.717) is 23.6 Å². The Bertz CT molecular complexity index is 348. The van der Waals surface area contributed by atoms with Gasteiger partial charge in [-0.2, -0.15) is 0 Å². The van der Waals surface area contributed by atoms with Crippen molar-refractivity contribution >= 4 is 12.0 Å². The number of aryl methyl sites for hydroxylation is 1. The van der Waals surface area contributed by atoms with Crippen LogP contribution in [0, 0.1) is 6.92 Å². The standard InChI is InChI=1S/C12H17NO2/c1-3-4-5-15-12-7-10(13)6-9(2)11(12)8-14/h6-8H,3-5,13H2,1-2H3. The minimum absolute atomic E-state index is 0.593. The van der Waals surface area contributed by atoms with Gasteiger partial charge in [-0.15, -0.1) is 0 Å². The van der Waals surface area contributed by atoms with Gasteiger partial charge in [-0.1, -0.05) is 13.3 Å². The summed E-state index contributed by atoms with van der Waals surface area (Å²) in [4.78, 5) is 10.9. The number of anilines is 1. The van der Waals surface area contributed by atoms with E-state index in [1.54, 1.807) is 12.1 Å². The van der Waals surface area contributed by atoms with E-state index in [1.807, 2.05) is 6.92 Å². The molecule has 82 valence electrons. The fraction of sp³-hybridized carbons (Fsp3) is 0.417. The first-order chi connectivity index (χ1) is 7.19. The second-order valence-corrected chi connectivity index (χ2v) is 3.57. The van der Waals surface area contributed by atoms with Crippen molar-refractivity contribution in [2.24, 2.45) is 0 Å². The summed E-state index contributed by atoms with van der Waals surface area (Å²) < 4.78 is 5.52. The molecule has 0 spiro atoms. The number of ether oxygens (including phenoxy) is 1. The van der Waals surface area contributed by atoms with Crippen molar-refractivity contribution in [3.8, 4) is 5.75 Å². The molecule has 15 heavy (non-hydrogen) atoms. The summed E-state index contributed by atoms with van der Waals surface area (Å²) in [6.07, 6.45) is 2.86. The van der Waals surface area contributed by atoms with Crippen LogP contribution in [0.3, 0.4) is 0 Å². The molecular weight excluding hydrogens is 190 g/mol. The lowest BCUT2D eigenvalue weighted by atomic mass is 10.1. The molecule has 0 atom stereocenters. The maximum absolute atomic E-state index is 10.9. The zero-order valence-corrected chi connectivity index (χ0v) is 9.25. The first-order valence-electron chi connectivity index (χ1n) is 5.17. The summed E-state index contributed by atoms with van der Waals surface area (Å²) in [5.74, 6) is 0.593. The molecule has 0 bridgehead atoms. The fourth-order valence-electron chi connectivity index (χ4n) is 1.39. The van der Waals surface area contributed by atoms with Gasteiger partial charge in [0.2, 0.25) is 0 Å². The normalized spacial score (nSPS) is 10.0. The number of nitrogen functional groups attached to an aromatic ring is 1. The van der Waals surface area contributed by atoms with Gasteiger partial charge in [0.25, 0.3) is 0 Å². The molecule has 0 aliphatic heterocycles. The van der Waals surface area contributed by atoms with Crippen LogP contribution in [-0.2, 0) is 0 Å². The Morgan fingerprint density at radius 3 is 2.80 bits per heavy atom. The number of nitrogens with two attached hydrogens (primary N) is 1. The predicted octanol–water partition coefficient (Wildman–Crippen LogP) is 2.57. The SMILES string of the molecule is CCCCOc1cc(N)cc(C)c1C=O. The highest BCUT2D eigenvalue weighted by Gasteiger charge is 2.07. The van der Waals surface area contributed by atoms with Crippen molar-refractivity contribution in [2.75, 3.05) is 12.3 Å². The minimum atomic E-state index is 0.593. The summed E-state index contributed by atoms with van der Waals surface area (Å²) in [5, 5.41) is 0. The van der Waals surface area contributed by atoms with Crippen molar-refractivity contribution < 1.29 is 9.53 Å². The van der Waals surface area contributed by atoms with E-state index < -0.39 is 0 Å². The number of hydrogen-bond acceptors (Lipinski definition) is 3. The molecule has 0 aliphatic rings. The smallest absolute Gasteiger partial charge is 0.154 e. The molecule has 0 aromatic heterocycles. The molecule has 0 heterocycles. The number of carbonyl (C=O) groups is 1. The van der Waals surface area contributed by atoms with E-state index in [1.165, 1.54) is 0 Å². The molecule has 0 aliphatic carbocycles. The summed E-state index contributed by atoms with van der Waals surface area (Å²) in [6.45, 7) is 4.57. The van der Waals surface area contributed by atoms with Crippen LogP contribution in [0.15, 0.2) is 12.1 Å². The highest BCUT2D eigenvalue weighted by Crippen LogP contribution is 2.24. The van der Waals surface area contributed by atoms with E-state index in [4.69, 9.17) is 10.5 Å². The highest BCUT2D eigenvalue weighted by molar-refractivity contribution is 5.83. The second kappa shape index (κ2) is 5.39. The molecule has 1 rings (SSSR count). The van der Waals surface area contributed by atoms with Crippen LogP contribution >= 0.6 is 0 Å². The third kappa shape index (κ3) is 2.98.